The van der Waals surface area contributed by atoms with E-state index >= 15 is 0 Å². The maximum absolute atomic E-state index is 2.46. The van der Waals surface area contributed by atoms with Crippen LogP contribution in [0.1, 0.15) is 60.3 Å². The second-order valence-corrected chi connectivity index (χ2v) is 5.77. The molecule has 1 aliphatic carbocycles. The highest BCUT2D eigenvalue weighted by atomic mass is 14.3. The van der Waals surface area contributed by atoms with Crippen LogP contribution in [-0.2, 0) is 0 Å². The van der Waals surface area contributed by atoms with Gasteiger partial charge in [-0.1, -0.05) is 46.3 Å². The molecule has 0 spiro atoms. The molecule has 0 aromatic rings. The largest absolute Gasteiger partial charge is 0.0847 e. The minimum Gasteiger partial charge on any atom is -0.0847 e. The fraction of sp³-hybridized carbons (Fsp3) is 0.867. The first kappa shape index (κ1) is 12.8. The standard InChI is InChI=1S/C15H28/c1-6-15(14-8-7-9-14)13(5)10-12(4)11(2)3/h8,11-13,15H,6-7,9-10H2,1-5H3. The molecule has 0 heteroatoms. The van der Waals surface area contributed by atoms with Crippen LogP contribution in [0.15, 0.2) is 11.6 Å². The van der Waals surface area contributed by atoms with Crippen molar-refractivity contribution >= 4 is 0 Å². The molecule has 88 valence electrons. The second-order valence-electron chi connectivity index (χ2n) is 5.77. The van der Waals surface area contributed by atoms with Gasteiger partial charge < -0.3 is 0 Å². The van der Waals surface area contributed by atoms with Crippen molar-refractivity contribution in [3.05, 3.63) is 11.6 Å². The quantitative estimate of drug-likeness (QED) is 0.536. The predicted octanol–water partition coefficient (Wildman–Crippen LogP) is 5.05. The molecule has 0 heterocycles. The van der Waals surface area contributed by atoms with E-state index in [1.165, 1.54) is 25.7 Å². The van der Waals surface area contributed by atoms with Gasteiger partial charge >= 0.3 is 0 Å². The van der Waals surface area contributed by atoms with Crippen LogP contribution >= 0.6 is 0 Å². The molecule has 1 rings (SSSR count). The molecule has 0 nitrogen and oxygen atoms in total. The van der Waals surface area contributed by atoms with Gasteiger partial charge in [-0.2, -0.15) is 0 Å². The zero-order chi connectivity index (χ0) is 11.4. The van der Waals surface area contributed by atoms with Crippen LogP contribution in [0, 0.1) is 23.7 Å². The van der Waals surface area contributed by atoms with Crippen LogP contribution in [-0.4, -0.2) is 0 Å². The highest BCUT2D eigenvalue weighted by Crippen LogP contribution is 2.36. The summed E-state index contributed by atoms with van der Waals surface area (Å²) < 4.78 is 0. The van der Waals surface area contributed by atoms with Crippen LogP contribution in [0.2, 0.25) is 0 Å². The number of hydrogen-bond acceptors (Lipinski definition) is 0. The molecule has 0 bridgehead atoms. The van der Waals surface area contributed by atoms with Gasteiger partial charge in [0.2, 0.25) is 0 Å². The summed E-state index contributed by atoms with van der Waals surface area (Å²) >= 11 is 0. The fourth-order valence-corrected chi connectivity index (χ4v) is 2.70. The number of rotatable bonds is 6. The summed E-state index contributed by atoms with van der Waals surface area (Å²) in [6, 6.07) is 0. The number of allylic oxidation sites excluding steroid dienone is 2. The summed E-state index contributed by atoms with van der Waals surface area (Å²) in [7, 11) is 0. The Labute approximate surface area is 96.2 Å². The third-order valence-corrected chi connectivity index (χ3v) is 4.32. The zero-order valence-electron chi connectivity index (χ0n) is 11.2. The highest BCUT2D eigenvalue weighted by molar-refractivity contribution is 5.16. The molecule has 0 radical (unpaired) electrons. The summed E-state index contributed by atoms with van der Waals surface area (Å²) in [6.45, 7) is 11.9. The second kappa shape index (κ2) is 5.72. The molecule has 3 atom stereocenters. The third kappa shape index (κ3) is 3.36. The van der Waals surface area contributed by atoms with E-state index in [1.807, 2.05) is 0 Å². The summed E-state index contributed by atoms with van der Waals surface area (Å²) in [5.74, 6) is 3.45. The lowest BCUT2D eigenvalue weighted by molar-refractivity contribution is 0.271. The van der Waals surface area contributed by atoms with Crippen molar-refractivity contribution in [2.45, 2.75) is 60.3 Å². The Hall–Kier alpha value is -0.260. The lowest BCUT2D eigenvalue weighted by Crippen LogP contribution is -2.20. The van der Waals surface area contributed by atoms with Gasteiger partial charge in [-0.15, -0.1) is 0 Å². The molecule has 0 aromatic heterocycles. The molecule has 0 saturated heterocycles. The first-order valence-corrected chi connectivity index (χ1v) is 6.75. The maximum Gasteiger partial charge on any atom is -0.0180 e. The lowest BCUT2D eigenvalue weighted by Gasteiger charge is -2.32. The zero-order valence-corrected chi connectivity index (χ0v) is 11.2. The van der Waals surface area contributed by atoms with Gasteiger partial charge in [0.25, 0.3) is 0 Å². The summed E-state index contributed by atoms with van der Waals surface area (Å²) in [5.41, 5.74) is 1.75. The summed E-state index contributed by atoms with van der Waals surface area (Å²) in [4.78, 5) is 0. The van der Waals surface area contributed by atoms with Crippen LogP contribution in [0.25, 0.3) is 0 Å². The maximum atomic E-state index is 2.46. The molecule has 1 aliphatic rings. The van der Waals surface area contributed by atoms with Crippen LogP contribution in [0.4, 0.5) is 0 Å². The van der Waals surface area contributed by atoms with Gasteiger partial charge in [0.1, 0.15) is 0 Å². The van der Waals surface area contributed by atoms with E-state index in [2.05, 4.69) is 40.7 Å². The Balaban J connectivity index is 2.46. The molecule has 0 aliphatic heterocycles. The van der Waals surface area contributed by atoms with Crippen molar-refractivity contribution in [3.8, 4) is 0 Å². The Morgan fingerprint density at radius 2 is 1.73 bits per heavy atom. The van der Waals surface area contributed by atoms with Crippen LogP contribution in [0.3, 0.4) is 0 Å². The minimum atomic E-state index is 0.834. The Bertz CT molecular complexity index is 212. The third-order valence-electron chi connectivity index (χ3n) is 4.32. The van der Waals surface area contributed by atoms with Gasteiger partial charge in [0.15, 0.2) is 0 Å². The molecule has 0 saturated carbocycles. The van der Waals surface area contributed by atoms with E-state index in [1.54, 1.807) is 5.57 Å². The van der Waals surface area contributed by atoms with E-state index in [0.717, 1.165) is 23.7 Å². The molecule has 15 heavy (non-hydrogen) atoms. The minimum absolute atomic E-state index is 0.834. The number of hydrogen-bond donors (Lipinski definition) is 0. The molecule has 0 aromatic carbocycles. The topological polar surface area (TPSA) is 0 Å². The fourth-order valence-electron chi connectivity index (χ4n) is 2.70. The van der Waals surface area contributed by atoms with Crippen molar-refractivity contribution in [1.82, 2.24) is 0 Å². The molecular weight excluding hydrogens is 180 g/mol. The van der Waals surface area contributed by atoms with Crippen molar-refractivity contribution in [2.24, 2.45) is 23.7 Å². The molecule has 0 amide bonds. The van der Waals surface area contributed by atoms with Gasteiger partial charge in [0.05, 0.1) is 0 Å². The van der Waals surface area contributed by atoms with Gasteiger partial charge in [-0.05, 0) is 49.4 Å². The Morgan fingerprint density at radius 3 is 2.07 bits per heavy atom. The van der Waals surface area contributed by atoms with E-state index in [0.29, 0.717) is 0 Å². The van der Waals surface area contributed by atoms with Crippen LogP contribution in [0.5, 0.6) is 0 Å². The van der Waals surface area contributed by atoms with Crippen molar-refractivity contribution in [3.63, 3.8) is 0 Å². The van der Waals surface area contributed by atoms with E-state index in [-0.39, 0.29) is 0 Å². The van der Waals surface area contributed by atoms with Gasteiger partial charge in [0, 0.05) is 0 Å². The Morgan fingerprint density at radius 1 is 1.13 bits per heavy atom. The monoisotopic (exact) mass is 208 g/mol. The van der Waals surface area contributed by atoms with Crippen molar-refractivity contribution in [2.75, 3.05) is 0 Å². The first-order valence-electron chi connectivity index (χ1n) is 6.75. The van der Waals surface area contributed by atoms with Gasteiger partial charge in [-0.3, -0.25) is 0 Å². The molecule has 3 unspecified atom stereocenters. The highest BCUT2D eigenvalue weighted by Gasteiger charge is 2.24. The molecule has 0 N–H and O–H groups in total. The summed E-state index contributed by atoms with van der Waals surface area (Å²) in [5, 5.41) is 0. The Kier molecular flexibility index (Phi) is 4.89. The van der Waals surface area contributed by atoms with Gasteiger partial charge in [-0.25, -0.2) is 0 Å². The van der Waals surface area contributed by atoms with E-state index in [9.17, 15) is 0 Å². The van der Waals surface area contributed by atoms with E-state index < -0.39 is 0 Å². The average Bonchev–Trinajstić information content (AvgIpc) is 2.10. The average molecular weight is 208 g/mol. The van der Waals surface area contributed by atoms with E-state index in [4.69, 9.17) is 0 Å². The summed E-state index contributed by atoms with van der Waals surface area (Å²) in [6.07, 6.45) is 7.90. The SMILES string of the molecule is CCC(C1=CCC1)C(C)CC(C)C(C)C. The lowest BCUT2D eigenvalue weighted by atomic mass is 9.74. The molecular formula is C15H28. The predicted molar refractivity (Wildman–Crippen MR) is 68.9 cm³/mol. The first-order chi connectivity index (χ1) is 7.06. The smallest absolute Gasteiger partial charge is 0.0180 e. The van der Waals surface area contributed by atoms with Crippen LogP contribution < -0.4 is 0 Å². The van der Waals surface area contributed by atoms with Crippen molar-refractivity contribution in [1.29, 1.82) is 0 Å². The molecule has 0 fully saturated rings. The normalized spacial score (nSPS) is 21.9. The van der Waals surface area contributed by atoms with Crippen molar-refractivity contribution < 1.29 is 0 Å².